The number of amides is 1. The van der Waals surface area contributed by atoms with Gasteiger partial charge in [-0.2, -0.15) is 0 Å². The summed E-state index contributed by atoms with van der Waals surface area (Å²) >= 11 is 0. The van der Waals surface area contributed by atoms with E-state index in [-0.39, 0.29) is 19.2 Å². The van der Waals surface area contributed by atoms with Gasteiger partial charge in [-0.15, -0.1) is 0 Å². The fraction of sp³-hybridized carbons (Fsp3) is 0.261. The number of rotatable bonds is 9. The standard InChI is InChI=1S/C23H26N2O5S/c1-17(16-30-20-13-11-19(29-2)12-14-20)24-23(26)15-25(31(3,27)28)22-10-6-8-18-7-4-5-9-21(18)22/h4-14,17H,15-16H2,1-3H3,(H,24,26)/t17-/m0/s1. The number of hydrogen-bond acceptors (Lipinski definition) is 5. The number of carbonyl (C=O) groups is 1. The van der Waals surface area contributed by atoms with Gasteiger partial charge in [-0.25, -0.2) is 8.42 Å². The van der Waals surface area contributed by atoms with E-state index in [0.29, 0.717) is 11.4 Å². The van der Waals surface area contributed by atoms with Gasteiger partial charge in [0.15, 0.2) is 0 Å². The minimum Gasteiger partial charge on any atom is -0.497 e. The van der Waals surface area contributed by atoms with Gasteiger partial charge in [-0.1, -0.05) is 36.4 Å². The molecule has 3 aromatic rings. The summed E-state index contributed by atoms with van der Waals surface area (Å²) in [6, 6.07) is 19.6. The van der Waals surface area contributed by atoms with Gasteiger partial charge in [0.25, 0.3) is 0 Å². The highest BCUT2D eigenvalue weighted by atomic mass is 32.2. The van der Waals surface area contributed by atoms with Crippen LogP contribution in [0.25, 0.3) is 10.8 Å². The molecule has 31 heavy (non-hydrogen) atoms. The fourth-order valence-corrected chi connectivity index (χ4v) is 4.06. The number of nitrogens with one attached hydrogen (secondary N) is 1. The molecule has 7 nitrogen and oxygen atoms in total. The molecule has 0 aromatic heterocycles. The minimum absolute atomic E-state index is 0.241. The van der Waals surface area contributed by atoms with Crippen molar-refractivity contribution in [2.75, 3.05) is 30.8 Å². The van der Waals surface area contributed by atoms with Crippen LogP contribution in [0.1, 0.15) is 6.92 Å². The summed E-state index contributed by atoms with van der Waals surface area (Å²) in [5, 5.41) is 4.46. The first-order valence-corrected chi connectivity index (χ1v) is 11.6. The Morgan fingerprint density at radius 1 is 1.00 bits per heavy atom. The van der Waals surface area contributed by atoms with Crippen molar-refractivity contribution in [2.45, 2.75) is 13.0 Å². The van der Waals surface area contributed by atoms with Crippen molar-refractivity contribution >= 4 is 32.4 Å². The number of methoxy groups -OCH3 is 1. The number of sulfonamides is 1. The summed E-state index contributed by atoms with van der Waals surface area (Å²) in [5.41, 5.74) is 0.470. The zero-order chi connectivity index (χ0) is 22.4. The van der Waals surface area contributed by atoms with Crippen molar-refractivity contribution in [1.82, 2.24) is 5.32 Å². The molecule has 1 N–H and O–H groups in total. The Kier molecular flexibility index (Phi) is 7.02. The van der Waals surface area contributed by atoms with E-state index in [2.05, 4.69) is 5.32 Å². The van der Waals surface area contributed by atoms with Gasteiger partial charge >= 0.3 is 0 Å². The summed E-state index contributed by atoms with van der Waals surface area (Å²) in [7, 11) is -2.08. The second-order valence-electron chi connectivity index (χ2n) is 7.22. The predicted octanol–water partition coefficient (Wildman–Crippen LogP) is 3.20. The SMILES string of the molecule is COc1ccc(OC[C@H](C)NC(=O)CN(c2cccc3ccccc23)S(C)(=O)=O)cc1. The predicted molar refractivity (Wildman–Crippen MR) is 122 cm³/mol. The lowest BCUT2D eigenvalue weighted by Crippen LogP contribution is -2.45. The van der Waals surface area contributed by atoms with Gasteiger partial charge < -0.3 is 14.8 Å². The molecule has 0 saturated heterocycles. The smallest absolute Gasteiger partial charge is 0.241 e. The van der Waals surface area contributed by atoms with Crippen molar-refractivity contribution in [2.24, 2.45) is 0 Å². The first-order chi connectivity index (χ1) is 14.8. The van der Waals surface area contributed by atoms with Crippen LogP contribution in [0.3, 0.4) is 0 Å². The van der Waals surface area contributed by atoms with Crippen LogP contribution >= 0.6 is 0 Å². The number of fused-ring (bicyclic) bond motifs is 1. The quantitative estimate of drug-likeness (QED) is 0.550. The van der Waals surface area contributed by atoms with Crippen LogP contribution < -0.4 is 19.1 Å². The number of nitrogens with zero attached hydrogens (tertiary/aromatic N) is 1. The van der Waals surface area contributed by atoms with E-state index >= 15 is 0 Å². The Balaban J connectivity index is 1.67. The molecule has 0 saturated carbocycles. The van der Waals surface area contributed by atoms with Crippen molar-refractivity contribution in [3.63, 3.8) is 0 Å². The lowest BCUT2D eigenvalue weighted by atomic mass is 10.1. The van der Waals surface area contributed by atoms with Crippen molar-refractivity contribution in [1.29, 1.82) is 0 Å². The molecular weight excluding hydrogens is 416 g/mol. The van der Waals surface area contributed by atoms with E-state index in [4.69, 9.17) is 9.47 Å². The van der Waals surface area contributed by atoms with Crippen LogP contribution in [-0.2, 0) is 14.8 Å². The van der Waals surface area contributed by atoms with Crippen LogP contribution in [0.2, 0.25) is 0 Å². The van der Waals surface area contributed by atoms with E-state index in [9.17, 15) is 13.2 Å². The van der Waals surface area contributed by atoms with E-state index in [0.717, 1.165) is 27.1 Å². The maximum absolute atomic E-state index is 12.6. The van der Waals surface area contributed by atoms with Gasteiger partial charge in [0.1, 0.15) is 24.7 Å². The second kappa shape index (κ2) is 9.70. The summed E-state index contributed by atoms with van der Waals surface area (Å²) in [4.78, 5) is 12.6. The van der Waals surface area contributed by atoms with Crippen molar-refractivity contribution < 1.29 is 22.7 Å². The average molecular weight is 443 g/mol. The minimum atomic E-state index is -3.67. The van der Waals surface area contributed by atoms with Gasteiger partial charge in [-0.05, 0) is 42.6 Å². The number of carbonyl (C=O) groups excluding carboxylic acids is 1. The number of ether oxygens (including phenoxy) is 2. The monoisotopic (exact) mass is 442 g/mol. The van der Waals surface area contributed by atoms with Crippen LogP contribution in [0.5, 0.6) is 11.5 Å². The summed E-state index contributed by atoms with van der Waals surface area (Å²) in [6.45, 7) is 1.72. The molecule has 0 aliphatic rings. The van der Waals surface area contributed by atoms with E-state index in [1.807, 2.05) is 30.3 Å². The van der Waals surface area contributed by atoms with Gasteiger partial charge in [0, 0.05) is 5.39 Å². The Morgan fingerprint density at radius 3 is 2.32 bits per heavy atom. The third-order valence-corrected chi connectivity index (χ3v) is 5.82. The maximum Gasteiger partial charge on any atom is 0.241 e. The molecule has 1 amide bonds. The molecule has 0 unspecified atom stereocenters. The first-order valence-electron chi connectivity index (χ1n) is 9.79. The molecule has 0 spiro atoms. The topological polar surface area (TPSA) is 84.9 Å². The molecule has 0 aliphatic heterocycles. The third-order valence-electron chi connectivity index (χ3n) is 4.69. The van der Waals surface area contributed by atoms with Crippen molar-refractivity contribution in [3.05, 3.63) is 66.7 Å². The average Bonchev–Trinajstić information content (AvgIpc) is 2.75. The molecule has 0 radical (unpaired) electrons. The highest BCUT2D eigenvalue weighted by Gasteiger charge is 2.23. The van der Waals surface area contributed by atoms with E-state index < -0.39 is 15.9 Å². The third kappa shape index (κ3) is 5.88. The maximum atomic E-state index is 12.6. The van der Waals surface area contributed by atoms with Crippen LogP contribution in [0.15, 0.2) is 66.7 Å². The second-order valence-corrected chi connectivity index (χ2v) is 9.13. The number of anilines is 1. The molecule has 0 aliphatic carbocycles. The fourth-order valence-electron chi connectivity index (χ4n) is 3.19. The lowest BCUT2D eigenvalue weighted by molar-refractivity contribution is -0.120. The van der Waals surface area contributed by atoms with E-state index in [1.165, 1.54) is 0 Å². The van der Waals surface area contributed by atoms with Crippen molar-refractivity contribution in [3.8, 4) is 11.5 Å². The number of benzene rings is 3. The molecule has 3 rings (SSSR count). The highest BCUT2D eigenvalue weighted by molar-refractivity contribution is 7.92. The molecular formula is C23H26N2O5S. The van der Waals surface area contributed by atoms with E-state index in [1.54, 1.807) is 50.4 Å². The Bertz CT molecular complexity index is 1140. The van der Waals surface area contributed by atoms with Gasteiger partial charge in [0.05, 0.1) is 25.1 Å². The Hall–Kier alpha value is -3.26. The molecule has 8 heteroatoms. The molecule has 0 fully saturated rings. The van der Waals surface area contributed by atoms with Crippen LogP contribution in [-0.4, -0.2) is 46.9 Å². The highest BCUT2D eigenvalue weighted by Crippen LogP contribution is 2.28. The first kappa shape index (κ1) is 22.4. The normalized spacial score (nSPS) is 12.2. The lowest BCUT2D eigenvalue weighted by Gasteiger charge is -2.24. The Morgan fingerprint density at radius 2 is 1.65 bits per heavy atom. The summed E-state index contributed by atoms with van der Waals surface area (Å²) in [6.07, 6.45) is 1.10. The zero-order valence-electron chi connectivity index (χ0n) is 17.7. The molecule has 0 heterocycles. The number of hydrogen-bond donors (Lipinski definition) is 1. The van der Waals surface area contributed by atoms with Gasteiger partial charge in [0.2, 0.25) is 15.9 Å². The van der Waals surface area contributed by atoms with Gasteiger partial charge in [-0.3, -0.25) is 9.10 Å². The molecule has 1 atom stereocenters. The van der Waals surface area contributed by atoms with Crippen LogP contribution in [0.4, 0.5) is 5.69 Å². The molecule has 3 aromatic carbocycles. The van der Waals surface area contributed by atoms with Crippen LogP contribution in [0, 0.1) is 0 Å². The Labute approximate surface area is 182 Å². The zero-order valence-corrected chi connectivity index (χ0v) is 18.6. The largest absolute Gasteiger partial charge is 0.497 e. The molecule has 164 valence electrons. The molecule has 0 bridgehead atoms. The summed E-state index contributed by atoms with van der Waals surface area (Å²) < 4.78 is 36.9. The summed E-state index contributed by atoms with van der Waals surface area (Å²) in [5.74, 6) is 0.961.